The highest BCUT2D eigenvalue weighted by Crippen LogP contribution is 2.44. The molecule has 1 fully saturated rings. The van der Waals surface area contributed by atoms with Gasteiger partial charge in [0.15, 0.2) is 0 Å². The van der Waals surface area contributed by atoms with E-state index in [0.717, 1.165) is 12.2 Å². The fourth-order valence-electron chi connectivity index (χ4n) is 1.27. The van der Waals surface area contributed by atoms with Gasteiger partial charge in [-0.15, -0.1) is 0 Å². The molecule has 10 heavy (non-hydrogen) atoms. The second kappa shape index (κ2) is 3.07. The molecule has 1 aliphatic carbocycles. The van der Waals surface area contributed by atoms with E-state index >= 15 is 0 Å². The second-order valence-electron chi connectivity index (χ2n) is 2.91. The Kier molecular flexibility index (Phi) is 2.55. The Balaban J connectivity index is 2.03. The molecule has 1 saturated carbocycles. The molecular weight excluding hydrogens is 154 g/mol. The molecule has 0 heterocycles. The lowest BCUT2D eigenvalue weighted by Crippen LogP contribution is -2.35. The van der Waals surface area contributed by atoms with E-state index in [1.165, 1.54) is 0 Å². The van der Waals surface area contributed by atoms with E-state index in [1.54, 1.807) is 11.8 Å². The number of rotatable bonds is 3. The van der Waals surface area contributed by atoms with Gasteiger partial charge in [0.25, 0.3) is 0 Å². The van der Waals surface area contributed by atoms with E-state index in [1.807, 2.05) is 6.26 Å². The van der Waals surface area contributed by atoms with Gasteiger partial charge in [-0.3, -0.25) is 0 Å². The van der Waals surface area contributed by atoms with Crippen LogP contribution in [0.15, 0.2) is 0 Å². The van der Waals surface area contributed by atoms with Gasteiger partial charge in [-0.05, 0) is 24.3 Å². The third-order valence-corrected chi connectivity index (χ3v) is 2.55. The van der Waals surface area contributed by atoms with E-state index in [2.05, 4.69) is 0 Å². The van der Waals surface area contributed by atoms with Crippen LogP contribution in [0.1, 0.15) is 19.3 Å². The van der Waals surface area contributed by atoms with Gasteiger partial charge in [0.2, 0.25) is 5.92 Å². The average molecular weight is 166 g/mol. The molecule has 3 heteroatoms. The highest BCUT2D eigenvalue weighted by molar-refractivity contribution is 7.98. The molecule has 0 N–H and O–H groups in total. The smallest absolute Gasteiger partial charge is 0.207 e. The summed E-state index contributed by atoms with van der Waals surface area (Å²) in [6.45, 7) is 0. The van der Waals surface area contributed by atoms with Crippen molar-refractivity contribution in [2.24, 2.45) is 5.92 Å². The molecular formula is C7H12F2S. The fourth-order valence-corrected chi connectivity index (χ4v) is 1.84. The van der Waals surface area contributed by atoms with Gasteiger partial charge >= 0.3 is 0 Å². The summed E-state index contributed by atoms with van der Waals surface area (Å²) in [5, 5.41) is 0. The zero-order valence-corrected chi connectivity index (χ0v) is 6.89. The van der Waals surface area contributed by atoms with Crippen molar-refractivity contribution in [3.8, 4) is 0 Å². The Morgan fingerprint density at radius 2 is 2.10 bits per heavy atom. The van der Waals surface area contributed by atoms with Gasteiger partial charge in [-0.25, -0.2) is 8.78 Å². The fraction of sp³-hybridized carbons (Fsp3) is 1.00. The number of thioether (sulfide) groups is 1. The van der Waals surface area contributed by atoms with E-state index in [9.17, 15) is 8.78 Å². The van der Waals surface area contributed by atoms with Gasteiger partial charge in [-0.2, -0.15) is 11.8 Å². The van der Waals surface area contributed by atoms with Crippen molar-refractivity contribution in [1.29, 1.82) is 0 Å². The van der Waals surface area contributed by atoms with Crippen LogP contribution in [0.5, 0.6) is 0 Å². The molecule has 0 saturated heterocycles. The molecule has 0 radical (unpaired) electrons. The SMILES string of the molecule is CSCCC1CC(F)(F)C1. The Bertz CT molecular complexity index is 106. The Labute approximate surface area is 64.4 Å². The minimum absolute atomic E-state index is 0.133. The third kappa shape index (κ3) is 2.11. The van der Waals surface area contributed by atoms with Crippen molar-refractivity contribution >= 4 is 11.8 Å². The number of hydrogen-bond donors (Lipinski definition) is 0. The second-order valence-corrected chi connectivity index (χ2v) is 3.90. The highest BCUT2D eigenvalue weighted by atomic mass is 32.2. The summed E-state index contributed by atoms with van der Waals surface area (Å²) in [7, 11) is 0. The van der Waals surface area contributed by atoms with Crippen molar-refractivity contribution in [1.82, 2.24) is 0 Å². The summed E-state index contributed by atoms with van der Waals surface area (Å²) in [6.07, 6.45) is 3.24. The topological polar surface area (TPSA) is 0 Å². The first-order valence-corrected chi connectivity index (χ1v) is 4.90. The van der Waals surface area contributed by atoms with Crippen molar-refractivity contribution < 1.29 is 8.78 Å². The van der Waals surface area contributed by atoms with Gasteiger partial charge in [0, 0.05) is 12.8 Å². The first kappa shape index (κ1) is 8.31. The predicted octanol–water partition coefficient (Wildman–Crippen LogP) is 2.78. The van der Waals surface area contributed by atoms with Crippen LogP contribution in [0, 0.1) is 5.92 Å². The van der Waals surface area contributed by atoms with Crippen LogP contribution in [0.3, 0.4) is 0 Å². The zero-order chi connectivity index (χ0) is 7.61. The quantitative estimate of drug-likeness (QED) is 0.621. The summed E-state index contributed by atoms with van der Waals surface area (Å²) in [4.78, 5) is 0. The van der Waals surface area contributed by atoms with Crippen molar-refractivity contribution in [3.05, 3.63) is 0 Å². The number of alkyl halides is 2. The Morgan fingerprint density at radius 1 is 1.50 bits per heavy atom. The van der Waals surface area contributed by atoms with Crippen LogP contribution in [0.4, 0.5) is 8.78 Å². The monoisotopic (exact) mass is 166 g/mol. The van der Waals surface area contributed by atoms with E-state index in [-0.39, 0.29) is 12.8 Å². The maximum absolute atomic E-state index is 12.2. The number of hydrogen-bond acceptors (Lipinski definition) is 1. The van der Waals surface area contributed by atoms with E-state index < -0.39 is 5.92 Å². The molecule has 0 nitrogen and oxygen atoms in total. The molecule has 0 amide bonds. The van der Waals surface area contributed by atoms with Crippen LogP contribution in [-0.4, -0.2) is 17.9 Å². The molecule has 60 valence electrons. The van der Waals surface area contributed by atoms with E-state index in [4.69, 9.17) is 0 Å². The molecule has 0 bridgehead atoms. The predicted molar refractivity (Wildman–Crippen MR) is 40.7 cm³/mol. The molecule has 0 aromatic rings. The molecule has 0 aromatic heterocycles. The Morgan fingerprint density at radius 3 is 2.50 bits per heavy atom. The molecule has 0 atom stereocenters. The molecule has 0 aromatic carbocycles. The maximum Gasteiger partial charge on any atom is 0.248 e. The minimum atomic E-state index is -2.32. The van der Waals surface area contributed by atoms with Crippen LogP contribution < -0.4 is 0 Å². The van der Waals surface area contributed by atoms with Crippen LogP contribution in [0.25, 0.3) is 0 Å². The standard InChI is InChI=1S/C7H12F2S/c1-10-3-2-6-4-7(8,9)5-6/h6H,2-5H2,1H3. The average Bonchev–Trinajstić information content (AvgIpc) is 1.78. The summed E-state index contributed by atoms with van der Waals surface area (Å²) < 4.78 is 24.4. The lowest BCUT2D eigenvalue weighted by molar-refractivity contribution is -0.110. The van der Waals surface area contributed by atoms with E-state index in [0.29, 0.717) is 5.92 Å². The first-order valence-electron chi connectivity index (χ1n) is 3.51. The highest BCUT2D eigenvalue weighted by Gasteiger charge is 2.44. The van der Waals surface area contributed by atoms with Crippen molar-refractivity contribution in [3.63, 3.8) is 0 Å². The third-order valence-electron chi connectivity index (χ3n) is 1.90. The van der Waals surface area contributed by atoms with Crippen LogP contribution in [-0.2, 0) is 0 Å². The van der Waals surface area contributed by atoms with Crippen LogP contribution >= 0.6 is 11.8 Å². The Hall–Kier alpha value is 0.210. The molecule has 0 unspecified atom stereocenters. The summed E-state index contributed by atoms with van der Waals surface area (Å²) >= 11 is 1.73. The van der Waals surface area contributed by atoms with Crippen molar-refractivity contribution in [2.45, 2.75) is 25.2 Å². The molecule has 1 rings (SSSR count). The summed E-state index contributed by atoms with van der Waals surface area (Å²) in [5.74, 6) is -0.980. The summed E-state index contributed by atoms with van der Waals surface area (Å²) in [6, 6.07) is 0. The molecule has 1 aliphatic rings. The zero-order valence-electron chi connectivity index (χ0n) is 6.07. The molecule has 0 spiro atoms. The maximum atomic E-state index is 12.2. The lowest BCUT2D eigenvalue weighted by atomic mass is 9.80. The largest absolute Gasteiger partial charge is 0.248 e. The normalized spacial score (nSPS) is 24.3. The van der Waals surface area contributed by atoms with Gasteiger partial charge in [0.1, 0.15) is 0 Å². The van der Waals surface area contributed by atoms with Crippen molar-refractivity contribution in [2.75, 3.05) is 12.0 Å². The summed E-state index contributed by atoms with van der Waals surface area (Å²) in [5.41, 5.74) is 0. The number of halogens is 2. The van der Waals surface area contributed by atoms with Crippen LogP contribution in [0.2, 0.25) is 0 Å². The lowest BCUT2D eigenvalue weighted by Gasteiger charge is -2.34. The van der Waals surface area contributed by atoms with Gasteiger partial charge in [-0.1, -0.05) is 0 Å². The molecule has 0 aliphatic heterocycles. The van der Waals surface area contributed by atoms with Gasteiger partial charge in [0.05, 0.1) is 0 Å². The first-order chi connectivity index (χ1) is 4.64. The minimum Gasteiger partial charge on any atom is -0.207 e. The van der Waals surface area contributed by atoms with Gasteiger partial charge < -0.3 is 0 Å².